The third-order valence-corrected chi connectivity index (χ3v) is 5.93. The Labute approximate surface area is 216 Å². The monoisotopic (exact) mass is 500 g/mol. The molecular weight excluding hydrogens is 468 g/mol. The third-order valence-electron chi connectivity index (χ3n) is 5.93. The van der Waals surface area contributed by atoms with Crippen molar-refractivity contribution in [2.24, 2.45) is 14.1 Å². The number of ether oxygens (including phenoxy) is 1. The van der Waals surface area contributed by atoms with E-state index in [2.05, 4.69) is 53.7 Å². The van der Waals surface area contributed by atoms with E-state index in [0.717, 1.165) is 16.9 Å². The van der Waals surface area contributed by atoms with E-state index in [9.17, 15) is 9.59 Å². The van der Waals surface area contributed by atoms with E-state index in [-0.39, 0.29) is 22.9 Å². The second-order valence-corrected chi connectivity index (χ2v) is 9.95. The summed E-state index contributed by atoms with van der Waals surface area (Å²) in [5, 5.41) is 13.9. The number of amides is 2. The van der Waals surface area contributed by atoms with Gasteiger partial charge in [0.2, 0.25) is 0 Å². The van der Waals surface area contributed by atoms with Crippen LogP contribution in [0.15, 0.2) is 67.1 Å². The molecule has 0 aliphatic heterocycles. The van der Waals surface area contributed by atoms with Gasteiger partial charge in [0.05, 0.1) is 18.1 Å². The van der Waals surface area contributed by atoms with Crippen molar-refractivity contribution in [2.75, 3.05) is 5.32 Å². The van der Waals surface area contributed by atoms with Gasteiger partial charge in [0, 0.05) is 38.0 Å². The van der Waals surface area contributed by atoms with Gasteiger partial charge in [0.25, 0.3) is 11.8 Å². The number of benzene rings is 2. The fourth-order valence-corrected chi connectivity index (χ4v) is 3.84. The summed E-state index contributed by atoms with van der Waals surface area (Å²) in [6, 6.07) is 15.3. The summed E-state index contributed by atoms with van der Waals surface area (Å²) >= 11 is 0. The van der Waals surface area contributed by atoms with Gasteiger partial charge in [0.15, 0.2) is 0 Å². The lowest BCUT2D eigenvalue weighted by molar-refractivity contribution is 0.0942. The summed E-state index contributed by atoms with van der Waals surface area (Å²) in [6.07, 6.45) is 4.97. The molecule has 0 radical (unpaired) electrons. The van der Waals surface area contributed by atoms with E-state index in [1.54, 1.807) is 36.1 Å². The number of aryl methyl sites for hydroxylation is 2. The minimum Gasteiger partial charge on any atom is -0.489 e. The Morgan fingerprint density at radius 3 is 2.38 bits per heavy atom. The molecule has 9 heteroatoms. The molecule has 37 heavy (non-hydrogen) atoms. The molecule has 2 aromatic heterocycles. The molecule has 2 amide bonds. The van der Waals surface area contributed by atoms with Crippen molar-refractivity contribution >= 4 is 17.5 Å². The third kappa shape index (κ3) is 6.43. The van der Waals surface area contributed by atoms with Crippen molar-refractivity contribution in [3.63, 3.8) is 0 Å². The van der Waals surface area contributed by atoms with Crippen LogP contribution in [0, 0.1) is 0 Å². The molecule has 0 aliphatic rings. The first-order valence-electron chi connectivity index (χ1n) is 12.0. The van der Waals surface area contributed by atoms with Crippen LogP contribution in [0.5, 0.6) is 5.75 Å². The van der Waals surface area contributed by atoms with Crippen LogP contribution in [-0.4, -0.2) is 31.4 Å². The molecule has 0 saturated carbocycles. The molecule has 2 aromatic carbocycles. The van der Waals surface area contributed by atoms with E-state index in [4.69, 9.17) is 4.74 Å². The summed E-state index contributed by atoms with van der Waals surface area (Å²) in [7, 11) is 3.46. The maximum atomic E-state index is 13.0. The zero-order valence-electron chi connectivity index (χ0n) is 21.8. The summed E-state index contributed by atoms with van der Waals surface area (Å²) in [4.78, 5) is 25.8. The topological polar surface area (TPSA) is 103 Å². The number of anilines is 1. The number of rotatable bonds is 8. The molecule has 0 fully saturated rings. The molecule has 4 aromatic rings. The fourth-order valence-electron chi connectivity index (χ4n) is 3.84. The quantitative estimate of drug-likeness (QED) is 0.377. The van der Waals surface area contributed by atoms with Gasteiger partial charge in [-0.3, -0.25) is 19.0 Å². The van der Waals surface area contributed by atoms with Gasteiger partial charge < -0.3 is 15.4 Å². The predicted molar refractivity (Wildman–Crippen MR) is 141 cm³/mol. The minimum atomic E-state index is -0.348. The van der Waals surface area contributed by atoms with Crippen LogP contribution < -0.4 is 15.4 Å². The van der Waals surface area contributed by atoms with Crippen LogP contribution in [0.1, 0.15) is 58.3 Å². The minimum absolute atomic E-state index is 0.0778. The Kier molecular flexibility index (Phi) is 7.42. The lowest BCUT2D eigenvalue weighted by atomic mass is 9.87. The fraction of sp³-hybridized carbons (Fsp3) is 0.286. The normalized spacial score (nSPS) is 11.3. The average Bonchev–Trinajstić information content (AvgIpc) is 3.45. The number of carbonyl (C=O) groups excluding carboxylic acids is 2. The van der Waals surface area contributed by atoms with E-state index in [1.165, 1.54) is 16.4 Å². The van der Waals surface area contributed by atoms with E-state index in [1.807, 2.05) is 31.4 Å². The number of hydrogen-bond acceptors (Lipinski definition) is 5. The van der Waals surface area contributed by atoms with Gasteiger partial charge in [-0.2, -0.15) is 10.2 Å². The molecule has 2 N–H and O–H groups in total. The summed E-state index contributed by atoms with van der Waals surface area (Å²) in [5.41, 5.74) is 4.08. The van der Waals surface area contributed by atoms with Crippen molar-refractivity contribution in [1.29, 1.82) is 0 Å². The molecule has 0 aliphatic carbocycles. The molecule has 0 atom stereocenters. The van der Waals surface area contributed by atoms with Crippen molar-refractivity contribution in [1.82, 2.24) is 24.9 Å². The predicted octanol–water partition coefficient (Wildman–Crippen LogP) is 4.21. The van der Waals surface area contributed by atoms with Gasteiger partial charge >= 0.3 is 0 Å². The Hall–Kier alpha value is -4.40. The second kappa shape index (κ2) is 10.7. The highest BCUT2D eigenvalue weighted by Gasteiger charge is 2.19. The van der Waals surface area contributed by atoms with Crippen molar-refractivity contribution in [2.45, 2.75) is 39.3 Å². The summed E-state index contributed by atoms with van der Waals surface area (Å²) in [5.74, 6) is 0.0737. The first-order chi connectivity index (χ1) is 17.6. The van der Waals surface area contributed by atoms with Crippen molar-refractivity contribution < 1.29 is 14.3 Å². The lowest BCUT2D eigenvalue weighted by Gasteiger charge is -2.19. The zero-order valence-corrected chi connectivity index (χ0v) is 21.8. The molecule has 0 spiro atoms. The van der Waals surface area contributed by atoms with E-state index in [0.29, 0.717) is 24.4 Å². The maximum Gasteiger partial charge on any atom is 0.271 e. The van der Waals surface area contributed by atoms with Crippen LogP contribution in [0.3, 0.4) is 0 Å². The molecular formula is C28H32N6O3. The van der Waals surface area contributed by atoms with Gasteiger partial charge in [0.1, 0.15) is 18.1 Å². The molecule has 2 heterocycles. The SMILES string of the molecule is Cn1cc(CNC(=O)c2c(NC(=O)c3cccc(COc4ccc(C(C)(C)C)cc4)c3)cnn2C)cn1. The Bertz CT molecular complexity index is 1400. The van der Waals surface area contributed by atoms with Gasteiger partial charge in [-0.25, -0.2) is 0 Å². The summed E-state index contributed by atoms with van der Waals surface area (Å²) in [6.45, 7) is 7.14. The van der Waals surface area contributed by atoms with Crippen LogP contribution >= 0.6 is 0 Å². The van der Waals surface area contributed by atoms with Crippen molar-refractivity contribution in [3.05, 3.63) is 95.1 Å². The Balaban J connectivity index is 1.39. The smallest absolute Gasteiger partial charge is 0.271 e. The van der Waals surface area contributed by atoms with E-state index < -0.39 is 0 Å². The van der Waals surface area contributed by atoms with Crippen LogP contribution in [0.25, 0.3) is 0 Å². The van der Waals surface area contributed by atoms with Gasteiger partial charge in [-0.1, -0.05) is 45.0 Å². The number of hydrogen-bond donors (Lipinski definition) is 2. The molecule has 0 bridgehead atoms. The highest BCUT2D eigenvalue weighted by Crippen LogP contribution is 2.25. The summed E-state index contributed by atoms with van der Waals surface area (Å²) < 4.78 is 9.03. The maximum absolute atomic E-state index is 13.0. The van der Waals surface area contributed by atoms with Crippen LogP contribution in [0.2, 0.25) is 0 Å². The number of carbonyl (C=O) groups is 2. The second-order valence-electron chi connectivity index (χ2n) is 9.95. The molecule has 0 unspecified atom stereocenters. The van der Waals surface area contributed by atoms with E-state index >= 15 is 0 Å². The standard InChI is InChI=1S/C28H32N6O3/c1-28(2,3)22-9-11-23(12-10-22)37-18-19-7-6-8-21(13-19)26(35)32-24-16-31-34(5)25(24)27(36)29-14-20-15-30-33(4)17-20/h6-13,15-17H,14,18H2,1-5H3,(H,29,36)(H,32,35). The lowest BCUT2D eigenvalue weighted by Crippen LogP contribution is -2.26. The van der Waals surface area contributed by atoms with Crippen LogP contribution in [0.4, 0.5) is 5.69 Å². The number of aromatic nitrogens is 4. The van der Waals surface area contributed by atoms with Crippen LogP contribution in [-0.2, 0) is 32.7 Å². The van der Waals surface area contributed by atoms with Gasteiger partial charge in [-0.05, 0) is 40.8 Å². The van der Waals surface area contributed by atoms with Gasteiger partial charge in [-0.15, -0.1) is 0 Å². The number of nitrogens with zero attached hydrogens (tertiary/aromatic N) is 4. The Morgan fingerprint density at radius 1 is 0.946 bits per heavy atom. The molecule has 0 saturated heterocycles. The zero-order chi connectivity index (χ0) is 26.6. The largest absolute Gasteiger partial charge is 0.489 e. The molecule has 4 rings (SSSR count). The molecule has 9 nitrogen and oxygen atoms in total. The highest BCUT2D eigenvalue weighted by molar-refractivity contribution is 6.08. The Morgan fingerprint density at radius 2 is 1.70 bits per heavy atom. The first-order valence-corrected chi connectivity index (χ1v) is 12.0. The van der Waals surface area contributed by atoms with Crippen molar-refractivity contribution in [3.8, 4) is 5.75 Å². The first kappa shape index (κ1) is 25.7. The average molecular weight is 501 g/mol. The highest BCUT2D eigenvalue weighted by atomic mass is 16.5. The molecule has 192 valence electrons. The number of nitrogens with one attached hydrogen (secondary N) is 2.